The minimum Gasteiger partial charge on any atom is -0.236 e. The van der Waals surface area contributed by atoms with E-state index in [4.69, 9.17) is 0 Å². The fourth-order valence-corrected chi connectivity index (χ4v) is 4.43. The Bertz CT molecular complexity index is 847. The highest BCUT2D eigenvalue weighted by molar-refractivity contribution is 8.00. The smallest absolute Gasteiger partial charge is 0.236 e. The van der Waals surface area contributed by atoms with Gasteiger partial charge in [0, 0.05) is 9.79 Å². The first-order valence-electron chi connectivity index (χ1n) is 6.16. The predicted molar refractivity (Wildman–Crippen MR) is 79.0 cm³/mol. The lowest BCUT2D eigenvalue weighted by atomic mass is 10.2. The highest BCUT2D eigenvalue weighted by Crippen LogP contribution is 2.50. The van der Waals surface area contributed by atoms with Crippen LogP contribution in [0.15, 0.2) is 52.3 Å². The van der Waals surface area contributed by atoms with Crippen LogP contribution in [0.4, 0.5) is 24.5 Å². The summed E-state index contributed by atoms with van der Waals surface area (Å²) in [6, 6.07) is 9.85. The summed E-state index contributed by atoms with van der Waals surface area (Å²) in [7, 11) is -3.76. The Morgan fingerprint density at radius 1 is 1.00 bits per heavy atom. The molecule has 0 fully saturated rings. The van der Waals surface area contributed by atoms with Crippen LogP contribution in [0.1, 0.15) is 5.56 Å². The molecule has 0 amide bonds. The van der Waals surface area contributed by atoms with E-state index in [0.29, 0.717) is 15.5 Å². The maximum Gasteiger partial charge on any atom is 0.416 e. The molecule has 0 aliphatic carbocycles. The molecule has 3 rings (SSSR count). The standard InChI is InChI=1S/C14H10F3NO2S2/c1-22(19,20)18-10-4-2-3-5-12(10)21-13-7-6-9(8-11(13)18)14(15,16)17/h2-8H,1H3. The van der Waals surface area contributed by atoms with Gasteiger partial charge in [0.1, 0.15) is 0 Å². The van der Waals surface area contributed by atoms with E-state index in [2.05, 4.69) is 0 Å². The Morgan fingerprint density at radius 2 is 1.64 bits per heavy atom. The van der Waals surface area contributed by atoms with Gasteiger partial charge in [0.25, 0.3) is 0 Å². The van der Waals surface area contributed by atoms with E-state index in [1.165, 1.54) is 17.8 Å². The molecule has 0 bridgehead atoms. The van der Waals surface area contributed by atoms with E-state index in [0.717, 1.165) is 22.7 Å². The molecular formula is C14H10F3NO2S2. The number of halogens is 3. The predicted octanol–water partition coefficient (Wildman–Crippen LogP) is 4.27. The number of fused-ring (bicyclic) bond motifs is 2. The topological polar surface area (TPSA) is 37.4 Å². The van der Waals surface area contributed by atoms with E-state index in [-0.39, 0.29) is 5.69 Å². The van der Waals surface area contributed by atoms with Crippen LogP contribution in [-0.2, 0) is 16.2 Å². The number of sulfonamides is 1. The van der Waals surface area contributed by atoms with Crippen molar-refractivity contribution in [1.82, 2.24) is 0 Å². The van der Waals surface area contributed by atoms with Crippen LogP contribution in [0.25, 0.3) is 0 Å². The molecule has 2 aromatic carbocycles. The minimum absolute atomic E-state index is 0.0287. The van der Waals surface area contributed by atoms with Gasteiger partial charge >= 0.3 is 6.18 Å². The van der Waals surface area contributed by atoms with Gasteiger partial charge in [-0.05, 0) is 30.3 Å². The van der Waals surface area contributed by atoms with E-state index in [1.807, 2.05) is 0 Å². The highest BCUT2D eigenvalue weighted by Gasteiger charge is 2.35. The summed E-state index contributed by atoms with van der Waals surface area (Å²) >= 11 is 1.25. The van der Waals surface area contributed by atoms with Gasteiger partial charge in [-0.3, -0.25) is 0 Å². The van der Waals surface area contributed by atoms with Gasteiger partial charge in [0.05, 0.1) is 23.2 Å². The zero-order valence-corrected chi connectivity index (χ0v) is 12.9. The fourth-order valence-electron chi connectivity index (χ4n) is 2.26. The Hall–Kier alpha value is -1.67. The quantitative estimate of drug-likeness (QED) is 0.775. The number of anilines is 2. The molecule has 1 heterocycles. The number of hydrogen-bond donors (Lipinski definition) is 0. The van der Waals surface area contributed by atoms with Gasteiger partial charge in [0.15, 0.2) is 0 Å². The number of para-hydroxylation sites is 1. The van der Waals surface area contributed by atoms with Crippen LogP contribution in [0.3, 0.4) is 0 Å². The van der Waals surface area contributed by atoms with Crippen molar-refractivity contribution in [3.05, 3.63) is 48.0 Å². The Balaban J connectivity index is 2.27. The van der Waals surface area contributed by atoms with Crippen molar-refractivity contribution in [2.24, 2.45) is 0 Å². The van der Waals surface area contributed by atoms with Crippen molar-refractivity contribution in [3.8, 4) is 0 Å². The molecule has 0 radical (unpaired) electrons. The van der Waals surface area contributed by atoms with Gasteiger partial charge < -0.3 is 0 Å². The van der Waals surface area contributed by atoms with Crippen molar-refractivity contribution in [2.45, 2.75) is 16.0 Å². The molecule has 0 N–H and O–H groups in total. The summed E-state index contributed by atoms with van der Waals surface area (Å²) in [5.41, 5.74) is -0.484. The van der Waals surface area contributed by atoms with Gasteiger partial charge in [-0.15, -0.1) is 0 Å². The third-order valence-corrected chi connectivity index (χ3v) is 5.33. The molecule has 3 nitrogen and oxygen atoms in total. The van der Waals surface area contributed by atoms with Gasteiger partial charge in [-0.2, -0.15) is 13.2 Å². The first-order chi connectivity index (χ1) is 10.2. The highest BCUT2D eigenvalue weighted by atomic mass is 32.2. The van der Waals surface area contributed by atoms with Crippen LogP contribution in [0.5, 0.6) is 0 Å². The summed E-state index contributed by atoms with van der Waals surface area (Å²) in [4.78, 5) is 1.15. The molecule has 1 aliphatic rings. The van der Waals surface area contributed by atoms with Crippen LogP contribution in [-0.4, -0.2) is 14.7 Å². The maximum atomic E-state index is 12.9. The average Bonchev–Trinajstić information content (AvgIpc) is 2.41. The van der Waals surface area contributed by atoms with Crippen LogP contribution >= 0.6 is 11.8 Å². The van der Waals surface area contributed by atoms with E-state index < -0.39 is 21.8 Å². The summed E-state index contributed by atoms with van der Waals surface area (Å²) < 4.78 is 63.9. The fraction of sp³-hybridized carbons (Fsp3) is 0.143. The van der Waals surface area contributed by atoms with Crippen molar-refractivity contribution >= 4 is 33.2 Å². The number of rotatable bonds is 1. The molecule has 8 heteroatoms. The van der Waals surface area contributed by atoms with Crippen molar-refractivity contribution < 1.29 is 21.6 Å². The molecule has 0 spiro atoms. The lowest BCUT2D eigenvalue weighted by Gasteiger charge is -2.31. The second-order valence-corrected chi connectivity index (χ2v) is 7.69. The average molecular weight is 345 g/mol. The third-order valence-electron chi connectivity index (χ3n) is 3.14. The third kappa shape index (κ3) is 2.56. The largest absolute Gasteiger partial charge is 0.416 e. The molecule has 0 saturated heterocycles. The normalized spacial score (nSPS) is 14.5. The van der Waals surface area contributed by atoms with E-state index >= 15 is 0 Å². The lowest BCUT2D eigenvalue weighted by Crippen LogP contribution is -2.27. The Labute approximate surface area is 129 Å². The Morgan fingerprint density at radius 3 is 2.27 bits per heavy atom. The van der Waals surface area contributed by atoms with Crippen LogP contribution in [0, 0.1) is 0 Å². The maximum absolute atomic E-state index is 12.9. The summed E-state index contributed by atoms with van der Waals surface area (Å²) in [5, 5.41) is 0. The first-order valence-corrected chi connectivity index (χ1v) is 8.83. The number of benzene rings is 2. The van der Waals surface area contributed by atoms with Gasteiger partial charge in [-0.1, -0.05) is 23.9 Å². The van der Waals surface area contributed by atoms with Gasteiger partial charge in [-0.25, -0.2) is 12.7 Å². The second kappa shape index (κ2) is 4.92. The van der Waals surface area contributed by atoms with Crippen molar-refractivity contribution in [2.75, 3.05) is 10.6 Å². The molecular weight excluding hydrogens is 335 g/mol. The molecule has 22 heavy (non-hydrogen) atoms. The van der Waals surface area contributed by atoms with Gasteiger partial charge in [0.2, 0.25) is 10.0 Å². The van der Waals surface area contributed by atoms with E-state index in [1.54, 1.807) is 24.3 Å². The Kier molecular flexibility index (Phi) is 3.41. The number of hydrogen-bond acceptors (Lipinski definition) is 3. The zero-order valence-electron chi connectivity index (χ0n) is 11.3. The lowest BCUT2D eigenvalue weighted by molar-refractivity contribution is -0.137. The molecule has 116 valence electrons. The molecule has 0 saturated carbocycles. The SMILES string of the molecule is CS(=O)(=O)N1c2ccccc2Sc2ccc(C(F)(F)F)cc21. The zero-order chi connectivity index (χ0) is 16.1. The monoisotopic (exact) mass is 345 g/mol. The molecule has 0 unspecified atom stereocenters. The molecule has 0 atom stereocenters. The summed E-state index contributed by atoms with van der Waals surface area (Å²) in [6.07, 6.45) is -3.55. The van der Waals surface area contributed by atoms with Crippen LogP contribution in [0.2, 0.25) is 0 Å². The summed E-state index contributed by atoms with van der Waals surface area (Å²) in [5.74, 6) is 0. The minimum atomic E-state index is -4.53. The number of alkyl halides is 3. The summed E-state index contributed by atoms with van der Waals surface area (Å²) in [6.45, 7) is 0. The molecule has 2 aromatic rings. The van der Waals surface area contributed by atoms with E-state index in [9.17, 15) is 21.6 Å². The van der Waals surface area contributed by atoms with Crippen molar-refractivity contribution in [3.63, 3.8) is 0 Å². The van der Waals surface area contributed by atoms with Crippen molar-refractivity contribution in [1.29, 1.82) is 0 Å². The second-order valence-electron chi connectivity index (χ2n) is 4.78. The molecule has 1 aliphatic heterocycles. The molecule has 0 aromatic heterocycles. The number of nitrogens with zero attached hydrogens (tertiary/aromatic N) is 1. The van der Waals surface area contributed by atoms with Crippen LogP contribution < -0.4 is 4.31 Å². The first kappa shape index (κ1) is 15.2.